The molecule has 2 amide bonds. The van der Waals surface area contributed by atoms with Gasteiger partial charge in [-0.1, -0.05) is 30.3 Å². The fourth-order valence-corrected chi connectivity index (χ4v) is 3.08. The van der Waals surface area contributed by atoms with Crippen LogP contribution in [-0.2, 0) is 9.59 Å². The van der Waals surface area contributed by atoms with Crippen molar-refractivity contribution in [2.75, 3.05) is 9.96 Å². The third-order valence-electron chi connectivity index (χ3n) is 3.53. The highest BCUT2D eigenvalue weighted by Crippen LogP contribution is 2.30. The largest absolute Gasteiger partial charge is 0.288 e. The maximum absolute atomic E-state index is 12.6. The Kier molecular flexibility index (Phi) is 4.12. The van der Waals surface area contributed by atoms with Gasteiger partial charge >= 0.3 is 0 Å². The Morgan fingerprint density at radius 2 is 1.68 bits per heavy atom. The molecule has 1 aliphatic rings. The number of hydroxylamine groups is 1. The predicted octanol–water partition coefficient (Wildman–Crippen LogP) is 2.82. The average molecular weight is 408 g/mol. The second-order valence-electron chi connectivity index (χ2n) is 4.92. The molecule has 1 fully saturated rings. The number of benzene rings is 2. The van der Waals surface area contributed by atoms with Crippen LogP contribution < -0.4 is 9.96 Å². The number of amides is 2. The number of anilines is 2. The van der Waals surface area contributed by atoms with Crippen molar-refractivity contribution in [1.82, 2.24) is 0 Å². The maximum Gasteiger partial charge on any atom is 0.259 e. The van der Waals surface area contributed by atoms with Crippen molar-refractivity contribution < 1.29 is 14.8 Å². The summed E-state index contributed by atoms with van der Waals surface area (Å²) in [5.74, 6) is -0.727. The molecular weight excluding hydrogens is 395 g/mol. The molecule has 2 aromatic carbocycles. The molecular formula is C16H13IN2O3. The average Bonchev–Trinajstić information content (AvgIpc) is 2.83. The van der Waals surface area contributed by atoms with Crippen LogP contribution in [-0.4, -0.2) is 23.1 Å². The lowest BCUT2D eigenvalue weighted by Crippen LogP contribution is -2.40. The zero-order chi connectivity index (χ0) is 15.7. The van der Waals surface area contributed by atoms with E-state index in [1.165, 1.54) is 0 Å². The molecule has 1 aliphatic heterocycles. The Hall–Kier alpha value is -1.93. The Morgan fingerprint density at radius 3 is 2.36 bits per heavy atom. The molecule has 1 saturated heterocycles. The third kappa shape index (κ3) is 2.59. The summed E-state index contributed by atoms with van der Waals surface area (Å²) >= 11 is 2.08. The van der Waals surface area contributed by atoms with Crippen LogP contribution in [0.5, 0.6) is 0 Å². The van der Waals surface area contributed by atoms with Crippen LogP contribution in [0.2, 0.25) is 0 Å². The summed E-state index contributed by atoms with van der Waals surface area (Å²) in [6.07, 6.45) is -0.0464. The molecule has 0 radical (unpaired) electrons. The molecule has 22 heavy (non-hydrogen) atoms. The molecule has 6 heteroatoms. The second kappa shape index (κ2) is 6.05. The van der Waals surface area contributed by atoms with E-state index in [1.807, 2.05) is 18.2 Å². The van der Waals surface area contributed by atoms with Crippen LogP contribution in [0.15, 0.2) is 54.6 Å². The highest BCUT2D eigenvalue weighted by atomic mass is 127. The number of carbonyl (C=O) groups is 2. The summed E-state index contributed by atoms with van der Waals surface area (Å²) in [5, 5.41) is 11.1. The number of halogens is 1. The van der Waals surface area contributed by atoms with Crippen molar-refractivity contribution in [2.45, 2.75) is 12.5 Å². The van der Waals surface area contributed by atoms with Crippen molar-refractivity contribution in [1.29, 1.82) is 0 Å². The zero-order valence-corrected chi connectivity index (χ0v) is 13.7. The lowest BCUT2D eigenvalue weighted by atomic mass is 10.2. The molecule has 112 valence electrons. The predicted molar refractivity (Wildman–Crippen MR) is 90.8 cm³/mol. The molecule has 1 N–H and O–H groups in total. The molecule has 0 saturated carbocycles. The number of nitrogens with zero attached hydrogens (tertiary/aromatic N) is 2. The van der Waals surface area contributed by atoms with Gasteiger partial charge in [-0.2, -0.15) is 0 Å². The van der Waals surface area contributed by atoms with Crippen molar-refractivity contribution >= 4 is 45.8 Å². The van der Waals surface area contributed by atoms with Crippen LogP contribution >= 0.6 is 22.6 Å². The molecule has 0 aliphatic carbocycles. The van der Waals surface area contributed by atoms with Crippen LogP contribution in [0, 0.1) is 3.57 Å². The zero-order valence-electron chi connectivity index (χ0n) is 11.5. The molecule has 0 spiro atoms. The van der Waals surface area contributed by atoms with Crippen LogP contribution in [0.25, 0.3) is 0 Å². The Labute approximate surface area is 141 Å². The van der Waals surface area contributed by atoms with Gasteiger partial charge in [-0.25, -0.2) is 9.96 Å². The molecule has 0 bridgehead atoms. The quantitative estimate of drug-likeness (QED) is 0.482. The van der Waals surface area contributed by atoms with Gasteiger partial charge in [-0.3, -0.25) is 14.8 Å². The van der Waals surface area contributed by atoms with E-state index in [0.717, 1.165) is 13.5 Å². The van der Waals surface area contributed by atoms with E-state index in [2.05, 4.69) is 22.6 Å². The van der Waals surface area contributed by atoms with Crippen molar-refractivity contribution in [3.63, 3.8) is 0 Å². The number of imide groups is 1. The number of rotatable bonds is 3. The normalized spacial score (nSPS) is 17.9. The SMILES string of the molecule is O=C1CC(N(O)c2ccccc2)C(=O)N1c1ccccc1I. The lowest BCUT2D eigenvalue weighted by Gasteiger charge is -2.23. The Morgan fingerprint density at radius 1 is 1.05 bits per heavy atom. The van der Waals surface area contributed by atoms with Gasteiger partial charge in [0.25, 0.3) is 5.91 Å². The molecule has 3 rings (SSSR count). The van der Waals surface area contributed by atoms with E-state index in [-0.39, 0.29) is 12.3 Å². The molecule has 1 atom stereocenters. The van der Waals surface area contributed by atoms with E-state index in [4.69, 9.17) is 0 Å². The maximum atomic E-state index is 12.6. The number of carbonyl (C=O) groups excluding carboxylic acids is 2. The minimum absolute atomic E-state index is 0.0464. The van der Waals surface area contributed by atoms with Gasteiger partial charge in [0, 0.05) is 3.57 Å². The fourth-order valence-electron chi connectivity index (χ4n) is 2.45. The summed E-state index contributed by atoms with van der Waals surface area (Å²) in [5.41, 5.74) is 1.04. The van der Waals surface area contributed by atoms with E-state index in [0.29, 0.717) is 11.4 Å². The van der Waals surface area contributed by atoms with E-state index < -0.39 is 11.9 Å². The Bertz CT molecular complexity index is 720. The molecule has 5 nitrogen and oxygen atoms in total. The number of hydrogen-bond donors (Lipinski definition) is 1. The highest BCUT2D eigenvalue weighted by Gasteiger charge is 2.43. The summed E-state index contributed by atoms with van der Waals surface area (Å²) < 4.78 is 0.812. The first-order chi connectivity index (χ1) is 10.6. The Balaban J connectivity index is 1.91. The first kappa shape index (κ1) is 15.0. The van der Waals surface area contributed by atoms with Crippen LogP contribution in [0.1, 0.15) is 6.42 Å². The van der Waals surface area contributed by atoms with Gasteiger partial charge in [0.2, 0.25) is 5.91 Å². The lowest BCUT2D eigenvalue weighted by molar-refractivity contribution is -0.121. The molecule has 0 aromatic heterocycles. The molecule has 2 aromatic rings. The van der Waals surface area contributed by atoms with Crippen molar-refractivity contribution in [3.05, 3.63) is 58.2 Å². The summed E-state index contributed by atoms with van der Waals surface area (Å²) in [6, 6.07) is 15.0. The highest BCUT2D eigenvalue weighted by molar-refractivity contribution is 14.1. The van der Waals surface area contributed by atoms with Crippen molar-refractivity contribution in [2.24, 2.45) is 0 Å². The van der Waals surface area contributed by atoms with Gasteiger partial charge in [-0.05, 0) is 46.9 Å². The summed E-state index contributed by atoms with van der Waals surface area (Å²) in [6.45, 7) is 0. The summed E-state index contributed by atoms with van der Waals surface area (Å²) in [7, 11) is 0. The van der Waals surface area contributed by atoms with E-state index in [9.17, 15) is 14.8 Å². The molecule has 1 unspecified atom stereocenters. The monoisotopic (exact) mass is 408 g/mol. The fraction of sp³-hybridized carbons (Fsp3) is 0.125. The number of hydrogen-bond acceptors (Lipinski definition) is 4. The van der Waals surface area contributed by atoms with E-state index >= 15 is 0 Å². The smallest absolute Gasteiger partial charge is 0.259 e. The molecule has 1 heterocycles. The standard InChI is InChI=1S/C16H13IN2O3/c17-12-8-4-5-9-13(12)18-15(20)10-14(16(18)21)19(22)11-6-2-1-3-7-11/h1-9,14,22H,10H2. The minimum Gasteiger partial charge on any atom is -0.288 e. The first-order valence-electron chi connectivity index (χ1n) is 6.74. The van der Waals surface area contributed by atoms with Crippen LogP contribution in [0.4, 0.5) is 11.4 Å². The number of para-hydroxylation sites is 2. The van der Waals surface area contributed by atoms with Gasteiger partial charge in [0.15, 0.2) is 0 Å². The summed E-state index contributed by atoms with van der Waals surface area (Å²) in [4.78, 5) is 26.0. The topological polar surface area (TPSA) is 60.9 Å². The van der Waals surface area contributed by atoms with Gasteiger partial charge in [0.05, 0.1) is 17.8 Å². The van der Waals surface area contributed by atoms with Gasteiger partial charge < -0.3 is 0 Å². The van der Waals surface area contributed by atoms with Crippen LogP contribution in [0.3, 0.4) is 0 Å². The van der Waals surface area contributed by atoms with E-state index in [1.54, 1.807) is 36.4 Å². The van der Waals surface area contributed by atoms with Gasteiger partial charge in [0.1, 0.15) is 6.04 Å². The second-order valence-corrected chi connectivity index (χ2v) is 6.08. The first-order valence-corrected chi connectivity index (χ1v) is 7.82. The minimum atomic E-state index is -0.897. The third-order valence-corrected chi connectivity index (χ3v) is 4.44. The van der Waals surface area contributed by atoms with Gasteiger partial charge in [-0.15, -0.1) is 0 Å². The van der Waals surface area contributed by atoms with Crippen molar-refractivity contribution in [3.8, 4) is 0 Å².